The van der Waals surface area contributed by atoms with Gasteiger partial charge >= 0.3 is 0 Å². The molecule has 0 aliphatic carbocycles. The van der Waals surface area contributed by atoms with Gasteiger partial charge in [0.15, 0.2) is 0 Å². The topological polar surface area (TPSA) is 150 Å². The summed E-state index contributed by atoms with van der Waals surface area (Å²) in [6.07, 6.45) is -0.776. The van der Waals surface area contributed by atoms with Crippen LogP contribution in [0.15, 0.2) is 30.5 Å². The number of carbonyl (C=O) groups is 2. The highest BCUT2D eigenvalue weighted by molar-refractivity contribution is 6.20. The first-order valence-electron chi connectivity index (χ1n) is 8.72. The van der Waals surface area contributed by atoms with Gasteiger partial charge in [-0.25, -0.2) is 4.68 Å². The summed E-state index contributed by atoms with van der Waals surface area (Å²) in [5.41, 5.74) is 1.02. The highest BCUT2D eigenvalue weighted by Gasteiger charge is 2.41. The third kappa shape index (κ3) is 3.08. The van der Waals surface area contributed by atoms with Crippen LogP contribution in [0, 0.1) is 0 Å². The van der Waals surface area contributed by atoms with Crippen molar-refractivity contribution in [3.05, 3.63) is 47.3 Å². The normalized spacial score (nSPS) is 26.9. The summed E-state index contributed by atoms with van der Waals surface area (Å²) < 4.78 is 1.44. The van der Waals surface area contributed by atoms with E-state index >= 15 is 0 Å². The molecule has 0 spiro atoms. The number of rotatable bonds is 6. The van der Waals surface area contributed by atoms with E-state index < -0.39 is 36.1 Å². The largest absolute Gasteiger partial charge is 0.395 e. The van der Waals surface area contributed by atoms with E-state index in [1.54, 1.807) is 24.3 Å². The number of amides is 2. The summed E-state index contributed by atoms with van der Waals surface area (Å²) in [5, 5.41) is 40.6. The van der Waals surface area contributed by atoms with Crippen LogP contribution >= 0.6 is 0 Å². The van der Waals surface area contributed by atoms with E-state index in [4.69, 9.17) is 4.84 Å². The fourth-order valence-electron chi connectivity index (χ4n) is 3.42. The van der Waals surface area contributed by atoms with Crippen molar-refractivity contribution in [2.75, 3.05) is 6.61 Å². The van der Waals surface area contributed by atoms with E-state index in [0.29, 0.717) is 10.8 Å². The molecule has 2 amide bonds. The van der Waals surface area contributed by atoms with E-state index in [1.807, 2.05) is 0 Å². The molecule has 1 fully saturated rings. The summed E-state index contributed by atoms with van der Waals surface area (Å²) in [6.45, 7) is -0.315. The molecule has 3 heterocycles. The van der Waals surface area contributed by atoms with Gasteiger partial charge in [0.1, 0.15) is 6.61 Å². The Morgan fingerprint density at radius 2 is 1.71 bits per heavy atom. The Morgan fingerprint density at radius 1 is 1.07 bits per heavy atom. The van der Waals surface area contributed by atoms with Crippen LogP contribution in [0.3, 0.4) is 0 Å². The van der Waals surface area contributed by atoms with Gasteiger partial charge in [0.25, 0.3) is 11.8 Å². The van der Waals surface area contributed by atoms with Gasteiger partial charge in [-0.3, -0.25) is 14.4 Å². The molecule has 0 saturated carbocycles. The Bertz CT molecular complexity index is 867. The van der Waals surface area contributed by atoms with Crippen LogP contribution in [0.5, 0.6) is 0 Å². The van der Waals surface area contributed by atoms with Crippen LogP contribution in [0.4, 0.5) is 0 Å². The first kappa shape index (κ1) is 18.7. The monoisotopic (exact) mass is 389 g/mol. The Kier molecular flexibility index (Phi) is 4.91. The first-order valence-corrected chi connectivity index (χ1v) is 8.72. The zero-order chi connectivity index (χ0) is 19.8. The predicted molar refractivity (Wildman–Crippen MR) is 91.6 cm³/mol. The number of nitrogens with one attached hydrogen (secondary N) is 1. The van der Waals surface area contributed by atoms with Crippen molar-refractivity contribution in [2.24, 2.45) is 0 Å². The molecular formula is C17H19N5O6. The average Bonchev–Trinajstić information content (AvgIpc) is 3.33. The molecule has 11 heteroatoms. The quantitative estimate of drug-likeness (QED) is 0.414. The second-order valence-corrected chi connectivity index (χ2v) is 6.67. The summed E-state index contributed by atoms with van der Waals surface area (Å²) in [4.78, 5) is 30.1. The molecule has 0 unspecified atom stereocenters. The number of aliphatic hydroxyl groups excluding tert-OH is 3. The summed E-state index contributed by atoms with van der Waals surface area (Å²) >= 11 is 0. The van der Waals surface area contributed by atoms with Crippen LogP contribution in [0.25, 0.3) is 0 Å². The lowest BCUT2D eigenvalue weighted by Crippen LogP contribution is -2.39. The number of nitrogens with zero attached hydrogens (tertiary/aromatic N) is 4. The van der Waals surface area contributed by atoms with Crippen molar-refractivity contribution < 1.29 is 29.7 Å². The number of hydrogen-bond acceptors (Lipinski definition) is 9. The Labute approximate surface area is 159 Å². The standard InChI is InChI=1S/C17H19N5O6/c23-7-13-15(25)14(24)12(19-13)6-21-9(5-18-20-21)8-28-22-16(26)10-3-1-2-4-11(10)17(22)27/h1-5,12-15,19,23-25H,6-8H2/t12-,13-,14-,15-/m1/s1. The van der Waals surface area contributed by atoms with Gasteiger partial charge in [0.2, 0.25) is 0 Å². The van der Waals surface area contributed by atoms with Crippen LogP contribution in [0.1, 0.15) is 26.4 Å². The molecule has 2 aromatic rings. The average molecular weight is 389 g/mol. The highest BCUT2D eigenvalue weighted by atomic mass is 16.7. The molecular weight excluding hydrogens is 370 g/mol. The molecule has 28 heavy (non-hydrogen) atoms. The smallest absolute Gasteiger partial charge is 0.285 e. The summed E-state index contributed by atoms with van der Waals surface area (Å²) in [7, 11) is 0. The second kappa shape index (κ2) is 7.37. The Morgan fingerprint density at radius 3 is 2.32 bits per heavy atom. The number of aromatic nitrogens is 3. The van der Waals surface area contributed by atoms with Crippen molar-refractivity contribution in [3.8, 4) is 0 Å². The lowest BCUT2D eigenvalue weighted by Gasteiger charge is -2.18. The van der Waals surface area contributed by atoms with Gasteiger partial charge in [0, 0.05) is 0 Å². The van der Waals surface area contributed by atoms with Crippen LogP contribution in [-0.4, -0.2) is 78.1 Å². The second-order valence-electron chi connectivity index (χ2n) is 6.67. The molecule has 2 aliphatic heterocycles. The molecule has 4 atom stereocenters. The lowest BCUT2D eigenvalue weighted by atomic mass is 10.1. The van der Waals surface area contributed by atoms with Crippen molar-refractivity contribution >= 4 is 11.8 Å². The van der Waals surface area contributed by atoms with Gasteiger partial charge in [-0.15, -0.1) is 10.2 Å². The molecule has 11 nitrogen and oxygen atoms in total. The SMILES string of the molecule is O=C1c2ccccc2C(=O)N1OCc1cnnn1C[C@H]1N[C@H](CO)[C@@H](O)[C@@H]1O. The van der Waals surface area contributed by atoms with Crippen LogP contribution in [0.2, 0.25) is 0 Å². The molecule has 1 aromatic carbocycles. The first-order chi connectivity index (χ1) is 13.5. The molecule has 1 saturated heterocycles. The van der Waals surface area contributed by atoms with E-state index in [1.165, 1.54) is 10.9 Å². The maximum Gasteiger partial charge on any atom is 0.285 e. The highest BCUT2D eigenvalue weighted by Crippen LogP contribution is 2.23. The fourth-order valence-corrected chi connectivity index (χ4v) is 3.42. The number of fused-ring (bicyclic) bond motifs is 1. The van der Waals surface area contributed by atoms with Crippen molar-refractivity contribution in [2.45, 2.75) is 37.4 Å². The zero-order valence-electron chi connectivity index (χ0n) is 14.7. The van der Waals surface area contributed by atoms with Gasteiger partial charge in [-0.2, -0.15) is 0 Å². The maximum absolute atomic E-state index is 12.3. The van der Waals surface area contributed by atoms with Crippen LogP contribution in [-0.2, 0) is 18.0 Å². The number of hydroxylamine groups is 2. The lowest BCUT2D eigenvalue weighted by molar-refractivity contribution is -0.103. The number of carbonyl (C=O) groups excluding carboxylic acids is 2. The number of imide groups is 1. The number of benzene rings is 1. The molecule has 0 bridgehead atoms. The molecule has 2 aliphatic rings. The van der Waals surface area contributed by atoms with Gasteiger partial charge in [-0.1, -0.05) is 17.3 Å². The third-order valence-corrected chi connectivity index (χ3v) is 4.97. The zero-order valence-corrected chi connectivity index (χ0v) is 14.7. The van der Waals surface area contributed by atoms with Crippen molar-refractivity contribution in [1.82, 2.24) is 25.4 Å². The van der Waals surface area contributed by atoms with E-state index in [0.717, 1.165) is 0 Å². The fraction of sp³-hybridized carbons (Fsp3) is 0.412. The Hall–Kier alpha value is -2.70. The molecule has 1 aromatic heterocycles. The number of aliphatic hydroxyl groups is 3. The Balaban J connectivity index is 1.42. The molecule has 0 radical (unpaired) electrons. The van der Waals surface area contributed by atoms with E-state index in [-0.39, 0.29) is 30.9 Å². The van der Waals surface area contributed by atoms with E-state index in [9.17, 15) is 24.9 Å². The molecule has 4 N–H and O–H groups in total. The molecule has 4 rings (SSSR count). The summed E-state index contributed by atoms with van der Waals surface area (Å²) in [6, 6.07) is 5.25. The minimum Gasteiger partial charge on any atom is -0.395 e. The minimum absolute atomic E-state index is 0.146. The van der Waals surface area contributed by atoms with Crippen molar-refractivity contribution in [1.29, 1.82) is 0 Å². The van der Waals surface area contributed by atoms with Crippen molar-refractivity contribution in [3.63, 3.8) is 0 Å². The predicted octanol–water partition coefficient (Wildman–Crippen LogP) is -1.94. The molecule has 148 valence electrons. The van der Waals surface area contributed by atoms with Gasteiger partial charge in [-0.05, 0) is 12.1 Å². The van der Waals surface area contributed by atoms with Crippen LogP contribution < -0.4 is 5.32 Å². The minimum atomic E-state index is -1.10. The summed E-state index contributed by atoms with van der Waals surface area (Å²) in [5.74, 6) is -1.08. The van der Waals surface area contributed by atoms with E-state index in [2.05, 4.69) is 15.6 Å². The van der Waals surface area contributed by atoms with Gasteiger partial charge < -0.3 is 20.6 Å². The number of hydrogen-bond donors (Lipinski definition) is 4. The maximum atomic E-state index is 12.3. The van der Waals surface area contributed by atoms with Gasteiger partial charge in [0.05, 0.1) is 60.5 Å². The third-order valence-electron chi connectivity index (χ3n) is 4.97.